The molecule has 0 atom stereocenters. The average molecular weight is 469 g/mol. The van der Waals surface area contributed by atoms with Gasteiger partial charge in [-0.25, -0.2) is 0 Å². The van der Waals surface area contributed by atoms with E-state index in [9.17, 15) is 0 Å². The van der Waals surface area contributed by atoms with Gasteiger partial charge in [-0.3, -0.25) is 9.97 Å². The molecule has 35 heavy (non-hydrogen) atoms. The molecule has 0 bridgehead atoms. The molecule has 2 aromatic heterocycles. The molecular formula is C29H32N4O2. The number of nitrogens with zero attached hydrogens (tertiary/aromatic N) is 4. The summed E-state index contributed by atoms with van der Waals surface area (Å²) in [5.41, 5.74) is 10.9. The van der Waals surface area contributed by atoms with Gasteiger partial charge in [0, 0.05) is 17.8 Å². The third-order valence-electron chi connectivity index (χ3n) is 6.52. The summed E-state index contributed by atoms with van der Waals surface area (Å²) >= 11 is 0. The van der Waals surface area contributed by atoms with Gasteiger partial charge in [0.25, 0.3) is 0 Å². The van der Waals surface area contributed by atoms with Gasteiger partial charge in [-0.05, 0) is 86.8 Å². The second kappa shape index (κ2) is 10.8. The average Bonchev–Trinajstić information content (AvgIpc) is 2.88. The van der Waals surface area contributed by atoms with Gasteiger partial charge in [-0.15, -0.1) is 0 Å². The van der Waals surface area contributed by atoms with E-state index in [0.29, 0.717) is 19.6 Å². The van der Waals surface area contributed by atoms with Crippen molar-refractivity contribution in [3.8, 4) is 11.1 Å². The molecule has 0 fully saturated rings. The van der Waals surface area contributed by atoms with Crippen molar-refractivity contribution >= 4 is 11.4 Å². The molecule has 0 spiro atoms. The maximum absolute atomic E-state index is 5.69. The number of pyridine rings is 2. The number of hydrogen-bond donors (Lipinski definition) is 0. The molecule has 0 radical (unpaired) electrons. The third kappa shape index (κ3) is 5.42. The molecule has 3 aromatic rings. The molecule has 180 valence electrons. The van der Waals surface area contributed by atoms with E-state index in [0.717, 1.165) is 72.7 Å². The highest BCUT2D eigenvalue weighted by Gasteiger charge is 2.22. The Balaban J connectivity index is 1.18. The van der Waals surface area contributed by atoms with E-state index in [1.54, 1.807) is 0 Å². The number of hydrogen-bond acceptors (Lipinski definition) is 6. The zero-order valence-electron chi connectivity index (χ0n) is 20.6. The molecule has 2 aliphatic rings. The van der Waals surface area contributed by atoms with Crippen LogP contribution in [-0.2, 0) is 22.5 Å². The maximum atomic E-state index is 5.69. The minimum absolute atomic E-state index is 0.481. The first-order valence-electron chi connectivity index (χ1n) is 12.6. The summed E-state index contributed by atoms with van der Waals surface area (Å²) in [5.74, 6) is 0. The summed E-state index contributed by atoms with van der Waals surface area (Å²) in [6.07, 6.45) is 6.71. The molecule has 6 heteroatoms. The van der Waals surface area contributed by atoms with E-state index >= 15 is 0 Å². The van der Waals surface area contributed by atoms with Crippen molar-refractivity contribution in [2.24, 2.45) is 10.3 Å². The Hall–Kier alpha value is -3.54. The van der Waals surface area contributed by atoms with Gasteiger partial charge in [-0.2, -0.15) is 0 Å². The van der Waals surface area contributed by atoms with E-state index in [4.69, 9.17) is 14.7 Å². The molecule has 0 saturated carbocycles. The monoisotopic (exact) mass is 468 g/mol. The molecule has 2 heterocycles. The number of rotatable bonds is 7. The molecule has 6 nitrogen and oxygen atoms in total. The second-order valence-electron chi connectivity index (χ2n) is 9.27. The number of fused-ring (bicyclic) bond motifs is 2. The van der Waals surface area contributed by atoms with Crippen LogP contribution in [0.2, 0.25) is 0 Å². The molecule has 1 aromatic carbocycles. The summed E-state index contributed by atoms with van der Waals surface area (Å²) < 4.78 is 0. The number of oxime groups is 2. The Morgan fingerprint density at radius 3 is 2.20 bits per heavy atom. The topological polar surface area (TPSA) is 69.0 Å². The van der Waals surface area contributed by atoms with E-state index in [1.165, 1.54) is 22.3 Å². The van der Waals surface area contributed by atoms with Crippen LogP contribution in [0.4, 0.5) is 0 Å². The van der Waals surface area contributed by atoms with E-state index < -0.39 is 0 Å². The maximum Gasteiger partial charge on any atom is 0.120 e. The van der Waals surface area contributed by atoms with Gasteiger partial charge in [-0.1, -0.05) is 46.7 Å². The van der Waals surface area contributed by atoms with Crippen LogP contribution in [0.1, 0.15) is 66.0 Å². The van der Waals surface area contributed by atoms with Crippen LogP contribution in [0, 0.1) is 13.8 Å². The summed E-state index contributed by atoms with van der Waals surface area (Å²) in [6, 6.07) is 16.9. The third-order valence-corrected chi connectivity index (χ3v) is 6.52. The first-order chi connectivity index (χ1) is 17.2. The van der Waals surface area contributed by atoms with Crippen LogP contribution in [0.25, 0.3) is 11.1 Å². The smallest absolute Gasteiger partial charge is 0.120 e. The lowest BCUT2D eigenvalue weighted by Gasteiger charge is -2.21. The zero-order chi connectivity index (χ0) is 24.0. The van der Waals surface area contributed by atoms with Crippen molar-refractivity contribution in [1.29, 1.82) is 0 Å². The highest BCUT2D eigenvalue weighted by atomic mass is 16.6. The fourth-order valence-corrected chi connectivity index (χ4v) is 4.83. The van der Waals surface area contributed by atoms with Gasteiger partial charge in [0.1, 0.15) is 24.6 Å². The quantitative estimate of drug-likeness (QED) is 0.317. The van der Waals surface area contributed by atoms with Crippen molar-refractivity contribution < 1.29 is 9.68 Å². The predicted molar refractivity (Wildman–Crippen MR) is 139 cm³/mol. The predicted octanol–water partition coefficient (Wildman–Crippen LogP) is 5.96. The summed E-state index contributed by atoms with van der Waals surface area (Å²) in [6.45, 7) is 5.02. The summed E-state index contributed by atoms with van der Waals surface area (Å²) in [4.78, 5) is 20.8. The molecule has 0 N–H and O–H groups in total. The fraction of sp³-hybridized carbons (Fsp3) is 0.379. The largest absolute Gasteiger partial charge is 0.395 e. The van der Waals surface area contributed by atoms with Gasteiger partial charge < -0.3 is 9.68 Å². The first-order valence-corrected chi connectivity index (χ1v) is 12.6. The van der Waals surface area contributed by atoms with Crippen molar-refractivity contribution in [1.82, 2.24) is 9.97 Å². The molecular weight excluding hydrogens is 436 g/mol. The summed E-state index contributed by atoms with van der Waals surface area (Å²) in [7, 11) is 0. The Kier molecular flexibility index (Phi) is 7.17. The minimum Gasteiger partial charge on any atom is -0.395 e. The van der Waals surface area contributed by atoms with Gasteiger partial charge in [0.2, 0.25) is 0 Å². The van der Waals surface area contributed by atoms with Crippen molar-refractivity contribution in [3.63, 3.8) is 0 Å². The van der Waals surface area contributed by atoms with Crippen molar-refractivity contribution in [2.75, 3.05) is 13.2 Å². The standard InChI is InChI=1S/C29H32N4O2/c1-20-15-16-23-11-6-13-26(28(23)30-20)32-34-17-8-18-35-33-27-14-7-12-24-25(19-21(2)31-29(24)27)22-9-4-3-5-10-22/h3-5,9-10,15-16,19H,6-8,11-14,17-18H2,1-2H3/b32-26+,33-27+. The minimum atomic E-state index is 0.481. The lowest BCUT2D eigenvalue weighted by atomic mass is 9.88. The highest BCUT2D eigenvalue weighted by molar-refractivity contribution is 6.02. The van der Waals surface area contributed by atoms with Crippen LogP contribution >= 0.6 is 0 Å². The van der Waals surface area contributed by atoms with E-state index in [1.807, 2.05) is 19.9 Å². The molecule has 0 unspecified atom stereocenters. The Labute approximate surface area is 207 Å². The molecule has 0 aliphatic heterocycles. The van der Waals surface area contributed by atoms with Crippen LogP contribution in [0.3, 0.4) is 0 Å². The van der Waals surface area contributed by atoms with Crippen molar-refractivity contribution in [3.05, 3.63) is 82.4 Å². The molecule has 5 rings (SSSR count). The number of aryl methyl sites for hydroxylation is 3. The normalized spacial score (nSPS) is 17.2. The number of benzene rings is 1. The van der Waals surface area contributed by atoms with Crippen LogP contribution in [0.5, 0.6) is 0 Å². The van der Waals surface area contributed by atoms with Crippen LogP contribution in [0.15, 0.2) is 58.8 Å². The van der Waals surface area contributed by atoms with Gasteiger partial charge in [0.05, 0.1) is 11.4 Å². The van der Waals surface area contributed by atoms with Crippen LogP contribution in [-0.4, -0.2) is 34.6 Å². The van der Waals surface area contributed by atoms with E-state index in [-0.39, 0.29) is 0 Å². The van der Waals surface area contributed by atoms with E-state index in [2.05, 4.69) is 57.8 Å². The SMILES string of the molecule is Cc1ccc2c(n1)/C(=N/OCCCO/N=C1\CCCc3c(-c4ccccc4)cc(C)nc31)CCC2. The zero-order valence-corrected chi connectivity index (χ0v) is 20.6. The molecule has 2 aliphatic carbocycles. The Morgan fingerprint density at radius 1 is 0.743 bits per heavy atom. The number of aromatic nitrogens is 2. The second-order valence-corrected chi connectivity index (χ2v) is 9.27. The lowest BCUT2D eigenvalue weighted by Crippen LogP contribution is -2.17. The van der Waals surface area contributed by atoms with Gasteiger partial charge in [0.15, 0.2) is 0 Å². The lowest BCUT2D eigenvalue weighted by molar-refractivity contribution is 0.0894. The molecule has 0 amide bonds. The summed E-state index contributed by atoms with van der Waals surface area (Å²) in [5, 5.41) is 8.86. The fourth-order valence-electron chi connectivity index (χ4n) is 4.83. The Bertz CT molecular complexity index is 1250. The van der Waals surface area contributed by atoms with Crippen molar-refractivity contribution in [2.45, 2.75) is 58.8 Å². The van der Waals surface area contributed by atoms with Gasteiger partial charge >= 0.3 is 0 Å². The highest BCUT2D eigenvalue weighted by Crippen LogP contribution is 2.31. The van der Waals surface area contributed by atoms with Crippen LogP contribution < -0.4 is 0 Å². The Morgan fingerprint density at radius 2 is 1.43 bits per heavy atom. The molecule has 0 saturated heterocycles. The first kappa shape index (κ1) is 23.2.